The van der Waals surface area contributed by atoms with E-state index < -0.39 is 11.7 Å². The van der Waals surface area contributed by atoms with Crippen LogP contribution in [-0.2, 0) is 19.1 Å². The first-order valence-corrected chi connectivity index (χ1v) is 9.18. The molecule has 3 rings (SSSR count). The predicted molar refractivity (Wildman–Crippen MR) is 98.8 cm³/mol. The Bertz CT molecular complexity index is 973. The van der Waals surface area contributed by atoms with E-state index in [1.54, 1.807) is 24.3 Å². The molecule has 1 aromatic heterocycles. The van der Waals surface area contributed by atoms with Crippen molar-refractivity contribution in [1.82, 2.24) is 10.2 Å². The number of aromatic nitrogens is 2. The van der Waals surface area contributed by atoms with Crippen LogP contribution >= 0.6 is 34.5 Å². The van der Waals surface area contributed by atoms with Gasteiger partial charge in [-0.1, -0.05) is 58.8 Å². The van der Waals surface area contributed by atoms with Crippen LogP contribution in [-0.4, -0.2) is 10.2 Å². The van der Waals surface area contributed by atoms with E-state index >= 15 is 0 Å². The summed E-state index contributed by atoms with van der Waals surface area (Å²) in [6.45, 7) is 0.291. The van der Waals surface area contributed by atoms with Crippen LogP contribution in [0.2, 0.25) is 10.0 Å². The quantitative estimate of drug-likeness (QED) is 0.420. The third-order valence-corrected chi connectivity index (χ3v) is 5.01. The van der Waals surface area contributed by atoms with Crippen LogP contribution in [0.5, 0.6) is 0 Å². The number of azo groups is 1. The maximum absolute atomic E-state index is 12.8. The van der Waals surface area contributed by atoms with Gasteiger partial charge in [0.15, 0.2) is 0 Å². The Morgan fingerprint density at radius 1 is 0.963 bits per heavy atom. The fourth-order valence-electron chi connectivity index (χ4n) is 2.20. The van der Waals surface area contributed by atoms with E-state index in [2.05, 4.69) is 20.4 Å². The van der Waals surface area contributed by atoms with Gasteiger partial charge in [-0.25, -0.2) is 0 Å². The van der Waals surface area contributed by atoms with Crippen molar-refractivity contribution in [2.75, 3.05) is 0 Å². The number of hydrogen-bond donors (Lipinski definition) is 0. The molecule has 10 heteroatoms. The molecular weight excluding hydrogens is 420 g/mol. The Morgan fingerprint density at radius 2 is 1.78 bits per heavy atom. The van der Waals surface area contributed by atoms with Gasteiger partial charge in [0.2, 0.25) is 0 Å². The predicted octanol–water partition coefficient (Wildman–Crippen LogP) is 6.74. The summed E-state index contributed by atoms with van der Waals surface area (Å²) in [7, 11) is 0. The van der Waals surface area contributed by atoms with Crippen LogP contribution in [0.25, 0.3) is 0 Å². The number of rotatable bonds is 5. The zero-order chi connectivity index (χ0) is 19.4. The topological polar surface area (TPSA) is 50.5 Å². The lowest BCUT2D eigenvalue weighted by Gasteiger charge is -2.07. The summed E-state index contributed by atoms with van der Waals surface area (Å²) in [5, 5.41) is 17.6. The van der Waals surface area contributed by atoms with Gasteiger partial charge in [0.1, 0.15) is 5.01 Å². The summed E-state index contributed by atoms with van der Waals surface area (Å²) in [5.74, 6) is 0. The van der Waals surface area contributed by atoms with Gasteiger partial charge in [0.25, 0.3) is 5.13 Å². The Balaban J connectivity index is 1.64. The monoisotopic (exact) mass is 430 g/mol. The fourth-order valence-corrected chi connectivity index (χ4v) is 3.24. The van der Waals surface area contributed by atoms with E-state index in [9.17, 15) is 13.2 Å². The normalized spacial score (nSPS) is 12.0. The van der Waals surface area contributed by atoms with E-state index in [0.717, 1.165) is 17.7 Å². The highest BCUT2D eigenvalue weighted by atomic mass is 35.5. The molecule has 27 heavy (non-hydrogen) atoms. The molecule has 140 valence electrons. The molecule has 2 aromatic carbocycles. The van der Waals surface area contributed by atoms with Gasteiger partial charge in [-0.2, -0.15) is 18.3 Å². The van der Waals surface area contributed by atoms with Crippen LogP contribution < -0.4 is 0 Å². The van der Waals surface area contributed by atoms with Crippen LogP contribution in [0, 0.1) is 0 Å². The second-order valence-electron chi connectivity index (χ2n) is 5.50. The Hall–Kier alpha value is -2.03. The van der Waals surface area contributed by atoms with Crippen molar-refractivity contribution in [3.05, 3.63) is 74.2 Å². The highest BCUT2D eigenvalue weighted by molar-refractivity contribution is 7.14. The van der Waals surface area contributed by atoms with Gasteiger partial charge < -0.3 is 0 Å². The second-order valence-corrected chi connectivity index (χ2v) is 7.36. The van der Waals surface area contributed by atoms with Crippen molar-refractivity contribution in [2.45, 2.75) is 19.1 Å². The standard InChI is InChI=1S/C17H11Cl2F3N4S/c18-13-5-4-11(7-14(13)19)9-23-25-16-26-24-15(27-16)8-10-2-1-3-12(6-10)17(20,21)22/h1-7H,8-9H2. The summed E-state index contributed by atoms with van der Waals surface area (Å²) >= 11 is 13.0. The smallest absolute Gasteiger partial charge is 0.181 e. The first-order valence-electron chi connectivity index (χ1n) is 7.61. The molecule has 0 saturated carbocycles. The minimum Gasteiger partial charge on any atom is -0.181 e. The fraction of sp³-hybridized carbons (Fsp3) is 0.176. The minimum atomic E-state index is -4.37. The number of benzene rings is 2. The van der Waals surface area contributed by atoms with Gasteiger partial charge in [0.05, 0.1) is 22.2 Å². The first kappa shape index (κ1) is 19.7. The van der Waals surface area contributed by atoms with E-state index in [4.69, 9.17) is 23.2 Å². The summed E-state index contributed by atoms with van der Waals surface area (Å²) in [5.41, 5.74) is 0.646. The second kappa shape index (κ2) is 8.33. The third kappa shape index (κ3) is 5.47. The van der Waals surface area contributed by atoms with E-state index in [1.165, 1.54) is 17.4 Å². The van der Waals surface area contributed by atoms with Gasteiger partial charge in [-0.3, -0.25) is 0 Å². The van der Waals surface area contributed by atoms with Crippen LogP contribution in [0.4, 0.5) is 18.3 Å². The minimum absolute atomic E-state index is 0.240. The van der Waals surface area contributed by atoms with Crippen molar-refractivity contribution >= 4 is 39.7 Å². The largest absolute Gasteiger partial charge is 0.416 e. The zero-order valence-corrected chi connectivity index (χ0v) is 15.9. The highest BCUT2D eigenvalue weighted by Gasteiger charge is 2.30. The molecule has 0 aliphatic heterocycles. The zero-order valence-electron chi connectivity index (χ0n) is 13.5. The molecule has 0 amide bonds. The summed E-state index contributed by atoms with van der Waals surface area (Å²) in [6.07, 6.45) is -4.13. The number of hydrogen-bond acceptors (Lipinski definition) is 5. The van der Waals surface area contributed by atoms with E-state index in [-0.39, 0.29) is 6.42 Å². The number of alkyl halides is 3. The molecular formula is C17H11Cl2F3N4S. The molecule has 3 aromatic rings. The molecule has 0 atom stereocenters. The van der Waals surface area contributed by atoms with E-state index in [1.807, 2.05) is 0 Å². The Labute approximate surface area is 166 Å². The average Bonchev–Trinajstić information content (AvgIpc) is 3.05. The molecule has 0 spiro atoms. The number of halogens is 5. The maximum atomic E-state index is 12.8. The average molecular weight is 431 g/mol. The summed E-state index contributed by atoms with van der Waals surface area (Å²) in [6, 6.07) is 10.3. The van der Waals surface area contributed by atoms with Gasteiger partial charge >= 0.3 is 6.18 Å². The number of nitrogens with zero attached hydrogens (tertiary/aromatic N) is 4. The van der Waals surface area contributed by atoms with Crippen molar-refractivity contribution in [1.29, 1.82) is 0 Å². The molecule has 0 unspecified atom stereocenters. The van der Waals surface area contributed by atoms with Crippen molar-refractivity contribution < 1.29 is 13.2 Å². The molecule has 1 heterocycles. The Morgan fingerprint density at radius 3 is 2.52 bits per heavy atom. The van der Waals surface area contributed by atoms with Gasteiger partial charge in [-0.15, -0.1) is 15.3 Å². The summed E-state index contributed by atoms with van der Waals surface area (Å²) < 4.78 is 38.3. The van der Waals surface area contributed by atoms with Crippen molar-refractivity contribution in [3.8, 4) is 0 Å². The van der Waals surface area contributed by atoms with Crippen molar-refractivity contribution in [2.24, 2.45) is 10.2 Å². The lowest BCUT2D eigenvalue weighted by molar-refractivity contribution is -0.137. The maximum Gasteiger partial charge on any atom is 0.416 e. The molecule has 0 bridgehead atoms. The van der Waals surface area contributed by atoms with Crippen LogP contribution in [0.15, 0.2) is 52.7 Å². The molecule has 0 aliphatic carbocycles. The molecule has 0 N–H and O–H groups in total. The van der Waals surface area contributed by atoms with Crippen LogP contribution in [0.1, 0.15) is 21.7 Å². The van der Waals surface area contributed by atoms with Gasteiger partial charge in [-0.05, 0) is 29.3 Å². The SMILES string of the molecule is FC(F)(F)c1cccc(Cc2nnc(N=NCc3ccc(Cl)c(Cl)c3)s2)c1. The van der Waals surface area contributed by atoms with Crippen LogP contribution in [0.3, 0.4) is 0 Å². The first-order chi connectivity index (χ1) is 12.8. The molecule has 0 fully saturated rings. The Kier molecular flexibility index (Phi) is 6.08. The molecule has 0 aliphatic rings. The third-order valence-electron chi connectivity index (χ3n) is 3.46. The molecule has 0 radical (unpaired) electrons. The van der Waals surface area contributed by atoms with Gasteiger partial charge in [0, 0.05) is 6.42 Å². The highest BCUT2D eigenvalue weighted by Crippen LogP contribution is 2.30. The van der Waals surface area contributed by atoms with E-state index in [0.29, 0.717) is 32.3 Å². The molecule has 4 nitrogen and oxygen atoms in total. The molecule has 0 saturated heterocycles. The summed E-state index contributed by atoms with van der Waals surface area (Å²) in [4.78, 5) is 0. The lowest BCUT2D eigenvalue weighted by Crippen LogP contribution is -2.05. The van der Waals surface area contributed by atoms with Crippen molar-refractivity contribution in [3.63, 3.8) is 0 Å². The lowest BCUT2D eigenvalue weighted by atomic mass is 10.1.